The Hall–Kier alpha value is -1.17. The highest BCUT2D eigenvalue weighted by Crippen LogP contribution is 2.38. The zero-order valence-electron chi connectivity index (χ0n) is 12.3. The summed E-state index contributed by atoms with van der Waals surface area (Å²) in [4.78, 5) is 0. The summed E-state index contributed by atoms with van der Waals surface area (Å²) in [6.45, 7) is 7.59. The van der Waals surface area contributed by atoms with Gasteiger partial charge in [-0.05, 0) is 50.9 Å². The van der Waals surface area contributed by atoms with Gasteiger partial charge in [0.15, 0.2) is 0 Å². The van der Waals surface area contributed by atoms with E-state index >= 15 is 0 Å². The van der Waals surface area contributed by atoms with Crippen LogP contribution in [0.2, 0.25) is 0 Å². The molecule has 0 bridgehead atoms. The number of halogens is 1. The zero-order chi connectivity index (χ0) is 15.0. The molecule has 1 aliphatic rings. The van der Waals surface area contributed by atoms with Crippen molar-refractivity contribution in [3.63, 3.8) is 0 Å². The molecule has 0 radical (unpaired) electrons. The lowest BCUT2D eigenvalue weighted by Crippen LogP contribution is -2.41. The number of hydrogen-bond acceptors (Lipinski definition) is 3. The van der Waals surface area contributed by atoms with Crippen LogP contribution in [0.25, 0.3) is 6.08 Å². The SMILES string of the molecule is CC1(C)OB(C(=Cc2cccc(F)c2)CO)OC1(C)C. The summed E-state index contributed by atoms with van der Waals surface area (Å²) in [5.74, 6) is -0.315. The molecule has 0 unspecified atom stereocenters. The highest BCUT2D eigenvalue weighted by Gasteiger charge is 2.52. The topological polar surface area (TPSA) is 38.7 Å². The third kappa shape index (κ3) is 2.95. The van der Waals surface area contributed by atoms with E-state index in [-0.39, 0.29) is 12.4 Å². The van der Waals surface area contributed by atoms with E-state index in [2.05, 4.69) is 0 Å². The summed E-state index contributed by atoms with van der Waals surface area (Å²) in [5.41, 5.74) is 0.319. The maximum atomic E-state index is 13.2. The Morgan fingerprint density at radius 3 is 2.35 bits per heavy atom. The van der Waals surface area contributed by atoms with Gasteiger partial charge in [0.1, 0.15) is 5.82 Å². The quantitative estimate of drug-likeness (QED) is 0.864. The first kappa shape index (κ1) is 15.2. The van der Waals surface area contributed by atoms with Crippen LogP contribution in [0.15, 0.2) is 29.7 Å². The van der Waals surface area contributed by atoms with Crippen molar-refractivity contribution >= 4 is 13.2 Å². The Morgan fingerprint density at radius 1 is 1.25 bits per heavy atom. The van der Waals surface area contributed by atoms with Gasteiger partial charge in [0, 0.05) is 0 Å². The summed E-state index contributed by atoms with van der Waals surface area (Å²) < 4.78 is 24.9. The van der Waals surface area contributed by atoms with Gasteiger partial charge in [0.25, 0.3) is 0 Å². The minimum absolute atomic E-state index is 0.201. The van der Waals surface area contributed by atoms with Gasteiger partial charge in [-0.3, -0.25) is 0 Å². The van der Waals surface area contributed by atoms with E-state index < -0.39 is 18.3 Å². The molecular formula is C15H20BFO3. The van der Waals surface area contributed by atoms with Gasteiger partial charge < -0.3 is 14.4 Å². The Morgan fingerprint density at radius 2 is 1.85 bits per heavy atom. The maximum absolute atomic E-state index is 13.2. The molecule has 1 fully saturated rings. The molecule has 108 valence electrons. The highest BCUT2D eigenvalue weighted by molar-refractivity contribution is 6.55. The first-order valence-corrected chi connectivity index (χ1v) is 6.68. The van der Waals surface area contributed by atoms with Gasteiger partial charge in [0.05, 0.1) is 17.8 Å². The molecule has 1 saturated heterocycles. The Kier molecular flexibility index (Phi) is 4.05. The fraction of sp³-hybridized carbons (Fsp3) is 0.467. The second-order valence-electron chi connectivity index (χ2n) is 6.02. The summed E-state index contributed by atoms with van der Waals surface area (Å²) >= 11 is 0. The predicted octanol–water partition coefficient (Wildman–Crippen LogP) is 2.83. The second kappa shape index (κ2) is 5.32. The molecule has 1 aliphatic heterocycles. The lowest BCUT2D eigenvalue weighted by atomic mass is 9.77. The monoisotopic (exact) mass is 278 g/mol. The van der Waals surface area contributed by atoms with Gasteiger partial charge in [-0.25, -0.2) is 4.39 Å². The minimum atomic E-state index is -0.617. The van der Waals surface area contributed by atoms with Crippen molar-refractivity contribution in [1.29, 1.82) is 0 Å². The molecule has 2 rings (SSSR count). The van der Waals surface area contributed by atoms with Gasteiger partial charge in [0.2, 0.25) is 0 Å². The number of benzene rings is 1. The molecule has 1 heterocycles. The van der Waals surface area contributed by atoms with Crippen molar-refractivity contribution in [2.24, 2.45) is 0 Å². The standard InChI is InChI=1S/C15H20BFO3/c1-14(2)15(3,4)20-16(19-14)12(10-18)8-11-6-5-7-13(17)9-11/h5-9,18H,10H2,1-4H3. The van der Waals surface area contributed by atoms with Crippen molar-refractivity contribution in [1.82, 2.24) is 0 Å². The molecule has 1 aromatic rings. The zero-order valence-corrected chi connectivity index (χ0v) is 12.3. The third-order valence-corrected chi connectivity index (χ3v) is 3.94. The van der Waals surface area contributed by atoms with Crippen molar-refractivity contribution in [3.05, 3.63) is 41.1 Å². The van der Waals surface area contributed by atoms with Crippen molar-refractivity contribution < 1.29 is 18.8 Å². The van der Waals surface area contributed by atoms with Crippen LogP contribution in [0, 0.1) is 5.82 Å². The van der Waals surface area contributed by atoms with E-state index in [1.54, 1.807) is 18.2 Å². The molecule has 0 spiro atoms. The number of hydrogen-bond donors (Lipinski definition) is 1. The average molecular weight is 278 g/mol. The first-order valence-electron chi connectivity index (χ1n) is 6.68. The van der Waals surface area contributed by atoms with E-state index in [9.17, 15) is 9.50 Å². The lowest BCUT2D eigenvalue weighted by Gasteiger charge is -2.32. The highest BCUT2D eigenvalue weighted by atomic mass is 19.1. The van der Waals surface area contributed by atoms with Crippen molar-refractivity contribution in [3.8, 4) is 0 Å². The van der Waals surface area contributed by atoms with Crippen LogP contribution in [0.1, 0.15) is 33.3 Å². The molecule has 3 nitrogen and oxygen atoms in total. The van der Waals surface area contributed by atoms with E-state index in [0.29, 0.717) is 11.0 Å². The molecule has 1 N–H and O–H groups in total. The molecule has 0 amide bonds. The van der Waals surface area contributed by atoms with Crippen LogP contribution < -0.4 is 0 Å². The minimum Gasteiger partial charge on any atom is -0.400 e. The van der Waals surface area contributed by atoms with Gasteiger partial charge in [-0.1, -0.05) is 18.2 Å². The van der Waals surface area contributed by atoms with E-state index in [0.717, 1.165) is 0 Å². The van der Waals surface area contributed by atoms with Crippen LogP contribution >= 0.6 is 0 Å². The first-order chi connectivity index (χ1) is 9.25. The number of aliphatic hydroxyl groups excluding tert-OH is 1. The number of aliphatic hydroxyl groups is 1. The largest absolute Gasteiger partial charge is 0.492 e. The molecule has 1 aromatic carbocycles. The van der Waals surface area contributed by atoms with Crippen LogP contribution in [-0.2, 0) is 9.31 Å². The summed E-state index contributed by atoms with van der Waals surface area (Å²) in [5, 5.41) is 9.54. The molecule has 20 heavy (non-hydrogen) atoms. The van der Waals surface area contributed by atoms with Gasteiger partial charge >= 0.3 is 7.12 Å². The molecule has 0 aromatic heterocycles. The van der Waals surface area contributed by atoms with Gasteiger partial charge in [-0.2, -0.15) is 0 Å². The predicted molar refractivity (Wildman–Crippen MR) is 77.5 cm³/mol. The molecule has 0 aliphatic carbocycles. The summed E-state index contributed by atoms with van der Waals surface area (Å²) in [7, 11) is -0.617. The van der Waals surface area contributed by atoms with Gasteiger partial charge in [-0.15, -0.1) is 0 Å². The molecule has 5 heteroatoms. The smallest absolute Gasteiger partial charge is 0.400 e. The maximum Gasteiger partial charge on any atom is 0.492 e. The van der Waals surface area contributed by atoms with Crippen LogP contribution in [0.3, 0.4) is 0 Å². The third-order valence-electron chi connectivity index (χ3n) is 3.94. The fourth-order valence-corrected chi connectivity index (χ4v) is 1.99. The van der Waals surface area contributed by atoms with E-state index in [1.807, 2.05) is 27.7 Å². The Balaban J connectivity index is 2.26. The Labute approximate surface area is 119 Å². The van der Waals surface area contributed by atoms with E-state index in [1.165, 1.54) is 12.1 Å². The van der Waals surface area contributed by atoms with Crippen molar-refractivity contribution in [2.75, 3.05) is 6.61 Å². The lowest BCUT2D eigenvalue weighted by molar-refractivity contribution is 0.00578. The second-order valence-corrected chi connectivity index (χ2v) is 6.02. The number of rotatable bonds is 3. The van der Waals surface area contributed by atoms with Crippen molar-refractivity contribution in [2.45, 2.75) is 38.9 Å². The van der Waals surface area contributed by atoms with Crippen LogP contribution in [0.5, 0.6) is 0 Å². The molecule has 0 saturated carbocycles. The molecular weight excluding hydrogens is 258 g/mol. The summed E-state index contributed by atoms with van der Waals surface area (Å²) in [6, 6.07) is 6.18. The fourth-order valence-electron chi connectivity index (χ4n) is 1.99. The average Bonchev–Trinajstić information content (AvgIpc) is 2.55. The molecule has 0 atom stereocenters. The normalized spacial score (nSPS) is 21.3. The van der Waals surface area contributed by atoms with E-state index in [4.69, 9.17) is 9.31 Å². The Bertz CT molecular complexity index is 510. The van der Waals surface area contributed by atoms with Crippen LogP contribution in [-0.4, -0.2) is 30.0 Å². The van der Waals surface area contributed by atoms with Crippen LogP contribution in [0.4, 0.5) is 4.39 Å². The summed E-state index contributed by atoms with van der Waals surface area (Å²) in [6.07, 6.45) is 1.70.